The van der Waals surface area contributed by atoms with E-state index in [0.29, 0.717) is 0 Å². The van der Waals surface area contributed by atoms with Crippen molar-refractivity contribution in [2.75, 3.05) is 13.2 Å². The van der Waals surface area contributed by atoms with Gasteiger partial charge in [0.05, 0.1) is 12.5 Å². The lowest BCUT2D eigenvalue weighted by atomic mass is 10.0. The van der Waals surface area contributed by atoms with Crippen molar-refractivity contribution in [2.24, 2.45) is 11.7 Å². The number of ether oxygens (including phenoxy) is 2. The molecule has 20 heavy (non-hydrogen) atoms. The fourth-order valence-electron chi connectivity index (χ4n) is 1.38. The Morgan fingerprint density at radius 3 is 2.25 bits per heavy atom. The molecule has 0 aromatic heterocycles. The average Bonchev–Trinajstić information content (AvgIpc) is 2.35. The zero-order valence-corrected chi connectivity index (χ0v) is 11.8. The van der Waals surface area contributed by atoms with Crippen LogP contribution in [-0.4, -0.2) is 43.0 Å². The highest BCUT2D eigenvalue weighted by atomic mass is 16.5. The van der Waals surface area contributed by atoms with E-state index in [-0.39, 0.29) is 13.0 Å². The largest absolute Gasteiger partial charge is 0.466 e. The number of hydrogen-bond donors (Lipinski definition) is 2. The van der Waals surface area contributed by atoms with Crippen LogP contribution >= 0.6 is 0 Å². The highest BCUT2D eigenvalue weighted by Gasteiger charge is 2.25. The molecule has 8 nitrogen and oxygen atoms in total. The molecular weight excluding hydrogens is 268 g/mol. The number of nitrogens with one attached hydrogen (secondary N) is 1. The van der Waals surface area contributed by atoms with Gasteiger partial charge in [-0.2, -0.15) is 0 Å². The summed E-state index contributed by atoms with van der Waals surface area (Å²) in [5, 5.41) is 2.30. The molecule has 0 aromatic rings. The lowest BCUT2D eigenvalue weighted by molar-refractivity contribution is -0.148. The molecule has 0 heterocycles. The summed E-state index contributed by atoms with van der Waals surface area (Å²) in [6.07, 6.45) is 0.0139. The molecule has 2 atom stereocenters. The van der Waals surface area contributed by atoms with Crippen LogP contribution in [0.3, 0.4) is 0 Å². The first-order valence-corrected chi connectivity index (χ1v) is 6.16. The lowest BCUT2D eigenvalue weighted by Gasteiger charge is -2.18. The summed E-state index contributed by atoms with van der Waals surface area (Å²) in [4.78, 5) is 44.7. The van der Waals surface area contributed by atoms with Crippen molar-refractivity contribution >= 4 is 23.8 Å². The predicted octanol–water partition coefficient (Wildman–Crippen LogP) is -0.891. The second-order valence-corrected chi connectivity index (χ2v) is 4.19. The smallest absolute Gasteiger partial charge is 0.308 e. The first-order chi connectivity index (χ1) is 9.27. The fourth-order valence-corrected chi connectivity index (χ4v) is 1.38. The number of carbonyl (C=O) groups excluding carboxylic acids is 4. The van der Waals surface area contributed by atoms with E-state index in [0.717, 1.165) is 6.92 Å². The van der Waals surface area contributed by atoms with E-state index in [9.17, 15) is 19.2 Å². The topological polar surface area (TPSA) is 125 Å². The average molecular weight is 288 g/mol. The molecule has 0 rings (SSSR count). The SMILES string of the molecule is CCOC(=O)[C@H](C)C[C@H](NC(=O)COC(C)=O)C(N)=O. The maximum absolute atomic E-state index is 11.4. The molecule has 0 bridgehead atoms. The van der Waals surface area contributed by atoms with Gasteiger partial charge in [0.25, 0.3) is 5.91 Å². The van der Waals surface area contributed by atoms with E-state index < -0.39 is 42.3 Å². The van der Waals surface area contributed by atoms with E-state index in [2.05, 4.69) is 10.1 Å². The summed E-state index contributed by atoms with van der Waals surface area (Å²) in [6.45, 7) is 4.10. The fraction of sp³-hybridized carbons (Fsp3) is 0.667. The molecule has 114 valence electrons. The maximum Gasteiger partial charge on any atom is 0.308 e. The minimum absolute atomic E-state index is 0.0139. The third kappa shape index (κ3) is 7.34. The zero-order valence-electron chi connectivity index (χ0n) is 11.8. The predicted molar refractivity (Wildman–Crippen MR) is 68.2 cm³/mol. The first-order valence-electron chi connectivity index (χ1n) is 6.16. The Bertz CT molecular complexity index is 382. The van der Waals surface area contributed by atoms with Crippen molar-refractivity contribution in [1.82, 2.24) is 5.32 Å². The van der Waals surface area contributed by atoms with Crippen LogP contribution in [0.4, 0.5) is 0 Å². The minimum Gasteiger partial charge on any atom is -0.466 e. The zero-order chi connectivity index (χ0) is 15.7. The highest BCUT2D eigenvalue weighted by molar-refractivity contribution is 5.88. The Hall–Kier alpha value is -2.12. The molecular formula is C12H20N2O6. The van der Waals surface area contributed by atoms with Crippen LogP contribution in [0.15, 0.2) is 0 Å². The van der Waals surface area contributed by atoms with Crippen molar-refractivity contribution in [3.05, 3.63) is 0 Å². The van der Waals surface area contributed by atoms with Crippen LogP contribution in [0, 0.1) is 5.92 Å². The number of carbonyl (C=O) groups is 4. The van der Waals surface area contributed by atoms with Gasteiger partial charge in [0, 0.05) is 6.92 Å². The van der Waals surface area contributed by atoms with Gasteiger partial charge in [-0.1, -0.05) is 6.92 Å². The Balaban J connectivity index is 4.43. The number of nitrogens with two attached hydrogens (primary N) is 1. The van der Waals surface area contributed by atoms with Gasteiger partial charge in [-0.3, -0.25) is 19.2 Å². The number of hydrogen-bond acceptors (Lipinski definition) is 6. The normalized spacial score (nSPS) is 12.9. The van der Waals surface area contributed by atoms with Gasteiger partial charge in [-0.25, -0.2) is 0 Å². The van der Waals surface area contributed by atoms with Crippen LogP contribution < -0.4 is 11.1 Å². The Labute approximate surface area is 117 Å². The van der Waals surface area contributed by atoms with Crippen LogP contribution in [0.1, 0.15) is 27.2 Å². The molecule has 0 aliphatic rings. The molecule has 0 unspecified atom stereocenters. The molecule has 0 aliphatic carbocycles. The van der Waals surface area contributed by atoms with Gasteiger partial charge in [0.1, 0.15) is 6.04 Å². The molecule has 0 saturated carbocycles. The molecule has 8 heteroatoms. The Kier molecular flexibility index (Phi) is 7.95. The molecule has 0 aromatic carbocycles. The number of rotatable bonds is 8. The van der Waals surface area contributed by atoms with E-state index in [1.54, 1.807) is 13.8 Å². The van der Waals surface area contributed by atoms with Gasteiger partial charge in [-0.15, -0.1) is 0 Å². The summed E-state index contributed by atoms with van der Waals surface area (Å²) < 4.78 is 9.28. The molecule has 3 N–H and O–H groups in total. The third-order valence-corrected chi connectivity index (χ3v) is 2.36. The molecule has 0 fully saturated rings. The molecule has 0 aliphatic heterocycles. The van der Waals surface area contributed by atoms with Crippen molar-refractivity contribution in [3.8, 4) is 0 Å². The quantitative estimate of drug-likeness (QED) is 0.558. The van der Waals surface area contributed by atoms with Crippen LogP contribution in [-0.2, 0) is 28.7 Å². The maximum atomic E-state index is 11.4. The van der Waals surface area contributed by atoms with Gasteiger partial charge in [0.15, 0.2) is 6.61 Å². The minimum atomic E-state index is -1.03. The van der Waals surface area contributed by atoms with Gasteiger partial charge in [0.2, 0.25) is 5.91 Å². The van der Waals surface area contributed by atoms with E-state index in [4.69, 9.17) is 10.5 Å². The third-order valence-electron chi connectivity index (χ3n) is 2.36. The number of esters is 2. The molecule has 2 amide bonds. The standard InChI is InChI=1S/C12H20N2O6/c1-4-19-12(18)7(2)5-9(11(13)17)14-10(16)6-20-8(3)15/h7,9H,4-6H2,1-3H3,(H2,13,17)(H,14,16)/t7-,9+/m1/s1. The molecule has 0 saturated heterocycles. The van der Waals surface area contributed by atoms with Crippen molar-refractivity contribution in [2.45, 2.75) is 33.2 Å². The second kappa shape index (κ2) is 8.89. The second-order valence-electron chi connectivity index (χ2n) is 4.19. The Morgan fingerprint density at radius 2 is 1.80 bits per heavy atom. The number of primary amides is 1. The lowest BCUT2D eigenvalue weighted by Crippen LogP contribution is -2.47. The summed E-state index contributed by atoms with van der Waals surface area (Å²) >= 11 is 0. The van der Waals surface area contributed by atoms with E-state index in [1.165, 1.54) is 0 Å². The summed E-state index contributed by atoms with van der Waals surface area (Å²) in [7, 11) is 0. The van der Waals surface area contributed by atoms with Crippen molar-refractivity contribution < 1.29 is 28.7 Å². The Morgan fingerprint density at radius 1 is 1.20 bits per heavy atom. The monoisotopic (exact) mass is 288 g/mol. The summed E-state index contributed by atoms with van der Waals surface area (Å²) in [6, 6.07) is -1.03. The van der Waals surface area contributed by atoms with E-state index >= 15 is 0 Å². The van der Waals surface area contributed by atoms with Crippen LogP contribution in [0.5, 0.6) is 0 Å². The first kappa shape index (κ1) is 17.9. The highest BCUT2D eigenvalue weighted by Crippen LogP contribution is 2.08. The van der Waals surface area contributed by atoms with Crippen molar-refractivity contribution in [1.29, 1.82) is 0 Å². The summed E-state index contributed by atoms with van der Waals surface area (Å²) in [5.41, 5.74) is 5.15. The molecule has 0 radical (unpaired) electrons. The van der Waals surface area contributed by atoms with E-state index in [1.807, 2.05) is 0 Å². The van der Waals surface area contributed by atoms with Gasteiger partial charge in [-0.05, 0) is 13.3 Å². The van der Waals surface area contributed by atoms with Crippen LogP contribution in [0.25, 0.3) is 0 Å². The van der Waals surface area contributed by atoms with Crippen molar-refractivity contribution in [3.63, 3.8) is 0 Å². The van der Waals surface area contributed by atoms with Gasteiger partial charge < -0.3 is 20.5 Å². The summed E-state index contributed by atoms with van der Waals surface area (Å²) in [5.74, 6) is -3.14. The van der Waals surface area contributed by atoms with Gasteiger partial charge >= 0.3 is 11.9 Å². The number of amides is 2. The molecule has 0 spiro atoms. The van der Waals surface area contributed by atoms with Crippen LogP contribution in [0.2, 0.25) is 0 Å².